The maximum absolute atomic E-state index is 11.8. The van der Waals surface area contributed by atoms with Gasteiger partial charge in [0.05, 0.1) is 6.26 Å². The van der Waals surface area contributed by atoms with E-state index >= 15 is 0 Å². The Morgan fingerprint density at radius 2 is 2.05 bits per heavy atom. The van der Waals surface area contributed by atoms with Gasteiger partial charge in [0.2, 0.25) is 0 Å². The lowest BCUT2D eigenvalue weighted by Gasteiger charge is -2.09. The van der Waals surface area contributed by atoms with Crippen molar-refractivity contribution >= 4 is 12.0 Å². The van der Waals surface area contributed by atoms with E-state index in [1.165, 1.54) is 0 Å². The van der Waals surface area contributed by atoms with Crippen LogP contribution in [-0.4, -0.2) is 12.5 Å². The first-order valence-electron chi connectivity index (χ1n) is 6.94. The fourth-order valence-corrected chi connectivity index (χ4v) is 1.99. The van der Waals surface area contributed by atoms with Crippen LogP contribution < -0.4 is 10.1 Å². The molecular weight excluding hydrogens is 278 g/mol. The number of hydrogen-bond acceptors (Lipinski definition) is 3. The summed E-state index contributed by atoms with van der Waals surface area (Å²) in [6, 6.07) is 9.44. The minimum atomic E-state index is -0.256. The molecule has 0 aliphatic carbocycles. The molecule has 0 radical (unpaired) electrons. The highest BCUT2D eigenvalue weighted by Crippen LogP contribution is 2.16. The van der Waals surface area contributed by atoms with Crippen LogP contribution in [0, 0.1) is 13.8 Å². The number of allylic oxidation sites excluding steroid dienone is 1. The number of amides is 1. The summed E-state index contributed by atoms with van der Waals surface area (Å²) in [5.41, 5.74) is 2.67. The predicted molar refractivity (Wildman–Crippen MR) is 86.4 cm³/mol. The Morgan fingerprint density at radius 1 is 1.32 bits per heavy atom. The summed E-state index contributed by atoms with van der Waals surface area (Å²) in [6.07, 6.45) is 4.99. The summed E-state index contributed by atoms with van der Waals surface area (Å²) >= 11 is 0. The minimum absolute atomic E-state index is 0.0590. The van der Waals surface area contributed by atoms with Crippen molar-refractivity contribution in [3.8, 4) is 5.75 Å². The fraction of sp³-hybridized carbons (Fsp3) is 0.167. The van der Waals surface area contributed by atoms with Crippen molar-refractivity contribution in [1.29, 1.82) is 0 Å². The third-order valence-corrected chi connectivity index (χ3v) is 2.86. The Bertz CT molecular complexity index is 664. The van der Waals surface area contributed by atoms with Gasteiger partial charge in [0.25, 0.3) is 5.91 Å². The number of benzene rings is 1. The average Bonchev–Trinajstić information content (AvgIpc) is 2.95. The summed E-state index contributed by atoms with van der Waals surface area (Å²) in [5, 5.41) is 2.65. The Morgan fingerprint density at radius 3 is 2.68 bits per heavy atom. The van der Waals surface area contributed by atoms with E-state index in [4.69, 9.17) is 9.15 Å². The molecule has 22 heavy (non-hydrogen) atoms. The normalized spacial score (nSPS) is 10.6. The third kappa shape index (κ3) is 4.98. The molecule has 2 aromatic rings. The van der Waals surface area contributed by atoms with Gasteiger partial charge < -0.3 is 14.5 Å². The molecule has 0 saturated carbocycles. The zero-order valence-corrected chi connectivity index (χ0v) is 12.8. The number of carbonyl (C=O) groups is 1. The molecule has 1 aromatic carbocycles. The van der Waals surface area contributed by atoms with Crippen LogP contribution in [0.1, 0.15) is 16.9 Å². The topological polar surface area (TPSA) is 51.5 Å². The molecule has 0 spiro atoms. The molecule has 0 saturated heterocycles. The molecule has 114 valence electrons. The number of aryl methyl sites for hydroxylation is 2. The van der Waals surface area contributed by atoms with E-state index in [0.717, 1.165) is 11.1 Å². The molecule has 0 unspecified atom stereocenters. The van der Waals surface area contributed by atoms with Gasteiger partial charge in [-0.25, -0.2) is 0 Å². The standard InChI is InChI=1S/C18H19NO3/c1-13-9-14(2)11-17(10-13)22-12-18(20)19-15(3)6-7-16-5-4-8-21-16/h4-11H,3,12H2,1-2H3,(H,19,20). The highest BCUT2D eigenvalue weighted by Gasteiger charge is 2.04. The maximum atomic E-state index is 11.8. The number of furan rings is 1. The van der Waals surface area contributed by atoms with Crippen molar-refractivity contribution in [3.05, 3.63) is 71.8 Å². The van der Waals surface area contributed by atoms with Gasteiger partial charge in [-0.1, -0.05) is 12.6 Å². The van der Waals surface area contributed by atoms with E-state index in [-0.39, 0.29) is 12.5 Å². The quantitative estimate of drug-likeness (QED) is 0.829. The van der Waals surface area contributed by atoms with Gasteiger partial charge in [-0.05, 0) is 61.4 Å². The number of rotatable bonds is 6. The van der Waals surface area contributed by atoms with Crippen LogP contribution in [0.25, 0.3) is 6.08 Å². The molecule has 4 nitrogen and oxygen atoms in total. The largest absolute Gasteiger partial charge is 0.484 e. The van der Waals surface area contributed by atoms with Crippen LogP contribution in [0.2, 0.25) is 0 Å². The minimum Gasteiger partial charge on any atom is -0.484 e. The second-order valence-corrected chi connectivity index (χ2v) is 5.03. The lowest BCUT2D eigenvalue weighted by Crippen LogP contribution is -2.27. The molecule has 0 atom stereocenters. The lowest BCUT2D eigenvalue weighted by atomic mass is 10.1. The van der Waals surface area contributed by atoms with Gasteiger partial charge in [0.15, 0.2) is 6.61 Å². The number of hydrogen-bond donors (Lipinski definition) is 1. The summed E-state index contributed by atoms with van der Waals surface area (Å²) in [7, 11) is 0. The zero-order valence-electron chi connectivity index (χ0n) is 12.8. The van der Waals surface area contributed by atoms with E-state index < -0.39 is 0 Å². The van der Waals surface area contributed by atoms with E-state index in [0.29, 0.717) is 17.2 Å². The van der Waals surface area contributed by atoms with Crippen molar-refractivity contribution in [3.63, 3.8) is 0 Å². The molecule has 0 aliphatic rings. The summed E-state index contributed by atoms with van der Waals surface area (Å²) < 4.78 is 10.6. The zero-order chi connectivity index (χ0) is 15.9. The fourth-order valence-electron chi connectivity index (χ4n) is 1.99. The third-order valence-electron chi connectivity index (χ3n) is 2.86. The first-order chi connectivity index (χ1) is 10.5. The Kier molecular flexibility index (Phi) is 5.20. The van der Waals surface area contributed by atoms with Crippen molar-refractivity contribution in [2.45, 2.75) is 13.8 Å². The van der Waals surface area contributed by atoms with E-state index in [1.54, 1.807) is 24.5 Å². The van der Waals surface area contributed by atoms with E-state index in [9.17, 15) is 4.79 Å². The SMILES string of the molecule is C=C(C=Cc1ccco1)NC(=O)COc1cc(C)cc(C)c1. The summed E-state index contributed by atoms with van der Waals surface area (Å²) in [4.78, 5) is 11.8. The first kappa shape index (κ1) is 15.6. The Hall–Kier alpha value is -2.75. The number of carbonyl (C=O) groups excluding carboxylic acids is 1. The van der Waals surface area contributed by atoms with Crippen molar-refractivity contribution in [1.82, 2.24) is 5.32 Å². The molecule has 0 fully saturated rings. The van der Waals surface area contributed by atoms with Crippen LogP contribution in [0.3, 0.4) is 0 Å². The molecule has 0 bridgehead atoms. The average molecular weight is 297 g/mol. The molecule has 1 amide bonds. The molecule has 4 heteroatoms. The van der Waals surface area contributed by atoms with Gasteiger partial charge in [0, 0.05) is 5.70 Å². The van der Waals surface area contributed by atoms with Crippen molar-refractivity contribution in [2.24, 2.45) is 0 Å². The second kappa shape index (κ2) is 7.31. The van der Waals surface area contributed by atoms with Crippen LogP contribution >= 0.6 is 0 Å². The van der Waals surface area contributed by atoms with Crippen molar-refractivity contribution in [2.75, 3.05) is 6.61 Å². The smallest absolute Gasteiger partial charge is 0.262 e. The Balaban J connectivity index is 1.81. The summed E-state index contributed by atoms with van der Waals surface area (Å²) in [5.74, 6) is 1.12. The highest BCUT2D eigenvalue weighted by molar-refractivity contribution is 5.80. The second-order valence-electron chi connectivity index (χ2n) is 5.03. The monoisotopic (exact) mass is 297 g/mol. The van der Waals surface area contributed by atoms with Gasteiger partial charge in [-0.2, -0.15) is 0 Å². The highest BCUT2D eigenvalue weighted by atomic mass is 16.5. The summed E-state index contributed by atoms with van der Waals surface area (Å²) in [6.45, 7) is 7.68. The predicted octanol–water partition coefficient (Wildman–Crippen LogP) is 3.62. The van der Waals surface area contributed by atoms with Gasteiger partial charge in [0.1, 0.15) is 11.5 Å². The molecular formula is C18H19NO3. The maximum Gasteiger partial charge on any atom is 0.262 e. The molecule has 1 N–H and O–H groups in total. The van der Waals surface area contributed by atoms with Crippen LogP contribution in [0.15, 0.2) is 59.4 Å². The molecule has 2 rings (SSSR count). The lowest BCUT2D eigenvalue weighted by molar-refractivity contribution is -0.122. The van der Waals surface area contributed by atoms with Crippen molar-refractivity contribution < 1.29 is 13.9 Å². The molecule has 1 heterocycles. The van der Waals surface area contributed by atoms with Crippen LogP contribution in [0.5, 0.6) is 5.75 Å². The van der Waals surface area contributed by atoms with Crippen LogP contribution in [-0.2, 0) is 4.79 Å². The van der Waals surface area contributed by atoms with Gasteiger partial charge in [-0.15, -0.1) is 0 Å². The number of nitrogens with one attached hydrogen (secondary N) is 1. The van der Waals surface area contributed by atoms with Gasteiger partial charge in [-0.3, -0.25) is 4.79 Å². The van der Waals surface area contributed by atoms with E-state index in [1.807, 2.05) is 38.1 Å². The molecule has 0 aliphatic heterocycles. The van der Waals surface area contributed by atoms with Crippen LogP contribution in [0.4, 0.5) is 0 Å². The van der Waals surface area contributed by atoms with E-state index in [2.05, 4.69) is 11.9 Å². The first-order valence-corrected chi connectivity index (χ1v) is 6.94. The molecule has 1 aromatic heterocycles. The van der Waals surface area contributed by atoms with Gasteiger partial charge >= 0.3 is 0 Å². The number of ether oxygens (including phenoxy) is 1. The Labute approximate surface area is 130 Å².